The predicted octanol–water partition coefficient (Wildman–Crippen LogP) is 2.61. The number of thiophene rings is 1. The lowest BCUT2D eigenvalue weighted by Gasteiger charge is -2.30. The minimum atomic E-state index is -0.0163. The van der Waals surface area contributed by atoms with Crippen LogP contribution >= 0.6 is 22.9 Å². The van der Waals surface area contributed by atoms with E-state index in [4.69, 9.17) is 16.3 Å². The van der Waals surface area contributed by atoms with E-state index in [-0.39, 0.29) is 11.9 Å². The molecule has 2 saturated heterocycles. The van der Waals surface area contributed by atoms with Gasteiger partial charge in [-0.05, 0) is 32.5 Å². The number of nitrogens with zero attached hydrogens (tertiary/aromatic N) is 3. The fourth-order valence-corrected chi connectivity index (χ4v) is 4.90. The maximum absolute atomic E-state index is 12.7. The van der Waals surface area contributed by atoms with Crippen molar-refractivity contribution >= 4 is 44.7 Å². The first-order chi connectivity index (χ1) is 12.6. The number of pyridine rings is 1. The van der Waals surface area contributed by atoms with Gasteiger partial charge in [0.2, 0.25) is 0 Å². The number of likely N-dealkylation sites (N-methyl/N-ethyl adjacent to an activating group) is 1. The molecular weight excluding hydrogens is 372 g/mol. The number of likely N-dealkylation sites (tertiary alicyclic amines) is 1. The molecular formula is C18H23ClN4O2S. The molecule has 0 spiro atoms. The number of carbonyl (C=O) groups is 1. The molecule has 26 heavy (non-hydrogen) atoms. The third kappa shape index (κ3) is 3.81. The normalized spacial score (nSPS) is 21.9. The molecule has 1 atom stereocenters. The van der Waals surface area contributed by atoms with Gasteiger partial charge in [0.15, 0.2) is 0 Å². The smallest absolute Gasteiger partial charge is 0.261 e. The van der Waals surface area contributed by atoms with Crippen molar-refractivity contribution in [1.82, 2.24) is 15.2 Å². The Labute approximate surface area is 162 Å². The first-order valence-electron chi connectivity index (χ1n) is 9.02. The summed E-state index contributed by atoms with van der Waals surface area (Å²) in [6.45, 7) is 5.05. The summed E-state index contributed by atoms with van der Waals surface area (Å²) in [4.78, 5) is 22.4. The molecule has 0 radical (unpaired) electrons. The summed E-state index contributed by atoms with van der Waals surface area (Å²) in [5, 5.41) is 3.63. The standard InChI is InChI=1S/C18H23ClN4O2S/c1-22-4-2-3-12(11-22)20-18(24)15-9-13-17(26-15)14(10-16(19)21-13)23-5-7-25-8-6-23/h9-10,12H,2-8,11H2,1H3,(H,20,24). The van der Waals surface area contributed by atoms with E-state index >= 15 is 0 Å². The van der Waals surface area contributed by atoms with E-state index in [1.807, 2.05) is 12.1 Å². The SMILES string of the molecule is CN1CCCC(NC(=O)c2cc3nc(Cl)cc(N4CCOCC4)c3s2)C1. The Morgan fingerprint density at radius 3 is 2.92 bits per heavy atom. The molecule has 8 heteroatoms. The van der Waals surface area contributed by atoms with Crippen LogP contribution in [0.1, 0.15) is 22.5 Å². The Bertz CT molecular complexity index is 806. The average molecular weight is 395 g/mol. The maximum atomic E-state index is 12.7. The maximum Gasteiger partial charge on any atom is 0.261 e. The number of anilines is 1. The minimum Gasteiger partial charge on any atom is -0.378 e. The van der Waals surface area contributed by atoms with Gasteiger partial charge in [-0.15, -0.1) is 11.3 Å². The average Bonchev–Trinajstić information content (AvgIpc) is 3.06. The zero-order valence-corrected chi connectivity index (χ0v) is 16.4. The monoisotopic (exact) mass is 394 g/mol. The molecule has 2 aromatic heterocycles. The van der Waals surface area contributed by atoms with Crippen LogP contribution in [0.3, 0.4) is 0 Å². The molecule has 4 heterocycles. The molecule has 2 fully saturated rings. The van der Waals surface area contributed by atoms with Gasteiger partial charge in [-0.1, -0.05) is 11.6 Å². The Kier molecular flexibility index (Phi) is 5.31. The van der Waals surface area contributed by atoms with E-state index in [2.05, 4.69) is 27.1 Å². The molecule has 0 aliphatic carbocycles. The second kappa shape index (κ2) is 7.68. The first-order valence-corrected chi connectivity index (χ1v) is 10.2. The van der Waals surface area contributed by atoms with E-state index in [1.165, 1.54) is 11.3 Å². The van der Waals surface area contributed by atoms with E-state index in [1.54, 1.807) is 0 Å². The second-order valence-electron chi connectivity index (χ2n) is 6.96. The lowest BCUT2D eigenvalue weighted by atomic mass is 10.1. The van der Waals surface area contributed by atoms with Crippen LogP contribution in [0.25, 0.3) is 10.2 Å². The zero-order valence-electron chi connectivity index (χ0n) is 14.8. The highest BCUT2D eigenvalue weighted by Crippen LogP contribution is 2.35. The van der Waals surface area contributed by atoms with Crippen LogP contribution in [-0.4, -0.2) is 68.3 Å². The van der Waals surface area contributed by atoms with Crippen LogP contribution in [0.15, 0.2) is 12.1 Å². The summed E-state index contributed by atoms with van der Waals surface area (Å²) in [5.41, 5.74) is 1.83. The second-order valence-corrected chi connectivity index (χ2v) is 8.40. The van der Waals surface area contributed by atoms with Crippen molar-refractivity contribution in [2.24, 2.45) is 0 Å². The van der Waals surface area contributed by atoms with Gasteiger partial charge in [0.25, 0.3) is 5.91 Å². The Hall–Kier alpha value is -1.41. The summed E-state index contributed by atoms with van der Waals surface area (Å²) in [5.74, 6) is -0.0163. The van der Waals surface area contributed by atoms with Crippen molar-refractivity contribution < 1.29 is 9.53 Å². The Morgan fingerprint density at radius 2 is 2.15 bits per heavy atom. The van der Waals surface area contributed by atoms with Crippen molar-refractivity contribution in [3.05, 3.63) is 22.2 Å². The molecule has 2 aromatic rings. The van der Waals surface area contributed by atoms with Crippen LogP contribution in [0.5, 0.6) is 0 Å². The number of morpholine rings is 1. The van der Waals surface area contributed by atoms with E-state index in [0.29, 0.717) is 23.2 Å². The number of rotatable bonds is 3. The highest BCUT2D eigenvalue weighted by Gasteiger charge is 2.23. The quantitative estimate of drug-likeness (QED) is 0.811. The van der Waals surface area contributed by atoms with Crippen molar-refractivity contribution in [1.29, 1.82) is 0 Å². The highest BCUT2D eigenvalue weighted by atomic mass is 35.5. The van der Waals surface area contributed by atoms with Gasteiger partial charge < -0.3 is 19.9 Å². The summed E-state index contributed by atoms with van der Waals surface area (Å²) >= 11 is 7.73. The number of ether oxygens (including phenoxy) is 1. The predicted molar refractivity (Wildman–Crippen MR) is 106 cm³/mol. The van der Waals surface area contributed by atoms with Gasteiger partial charge in [-0.3, -0.25) is 4.79 Å². The van der Waals surface area contributed by atoms with Crippen LogP contribution < -0.4 is 10.2 Å². The summed E-state index contributed by atoms with van der Waals surface area (Å²) in [7, 11) is 2.10. The number of aromatic nitrogens is 1. The molecule has 1 N–H and O–H groups in total. The Morgan fingerprint density at radius 1 is 1.35 bits per heavy atom. The third-order valence-electron chi connectivity index (χ3n) is 4.96. The van der Waals surface area contributed by atoms with Gasteiger partial charge in [-0.25, -0.2) is 4.98 Å². The molecule has 0 bridgehead atoms. The number of fused-ring (bicyclic) bond motifs is 1. The zero-order chi connectivity index (χ0) is 18.1. The van der Waals surface area contributed by atoms with Crippen molar-refractivity contribution in [2.45, 2.75) is 18.9 Å². The van der Waals surface area contributed by atoms with Gasteiger partial charge >= 0.3 is 0 Å². The lowest BCUT2D eigenvalue weighted by molar-refractivity contribution is 0.0916. The molecule has 4 rings (SSSR count). The summed E-state index contributed by atoms with van der Waals surface area (Å²) in [6.07, 6.45) is 2.15. The van der Waals surface area contributed by atoms with Crippen LogP contribution in [0, 0.1) is 0 Å². The largest absolute Gasteiger partial charge is 0.378 e. The fourth-order valence-electron chi connectivity index (χ4n) is 3.67. The highest BCUT2D eigenvalue weighted by molar-refractivity contribution is 7.21. The molecule has 6 nitrogen and oxygen atoms in total. The summed E-state index contributed by atoms with van der Waals surface area (Å²) < 4.78 is 6.46. The molecule has 0 saturated carbocycles. The number of piperidine rings is 1. The van der Waals surface area contributed by atoms with Crippen molar-refractivity contribution in [2.75, 3.05) is 51.3 Å². The van der Waals surface area contributed by atoms with Crippen LogP contribution in [0.2, 0.25) is 5.15 Å². The number of nitrogens with one attached hydrogen (secondary N) is 1. The molecule has 2 aliphatic heterocycles. The number of amides is 1. The molecule has 2 aliphatic rings. The number of halogens is 1. The molecule has 0 aromatic carbocycles. The number of hydrogen-bond donors (Lipinski definition) is 1. The molecule has 1 unspecified atom stereocenters. The van der Waals surface area contributed by atoms with Gasteiger partial charge in [-0.2, -0.15) is 0 Å². The van der Waals surface area contributed by atoms with Crippen LogP contribution in [0.4, 0.5) is 5.69 Å². The first kappa shape index (κ1) is 18.0. The summed E-state index contributed by atoms with van der Waals surface area (Å²) in [6, 6.07) is 3.96. The van der Waals surface area contributed by atoms with Gasteiger partial charge in [0.05, 0.1) is 34.0 Å². The third-order valence-corrected chi connectivity index (χ3v) is 6.30. The fraction of sp³-hybridized carbons (Fsp3) is 0.556. The van der Waals surface area contributed by atoms with Gasteiger partial charge in [0, 0.05) is 31.7 Å². The van der Waals surface area contributed by atoms with Crippen molar-refractivity contribution in [3.63, 3.8) is 0 Å². The van der Waals surface area contributed by atoms with Gasteiger partial charge in [0.1, 0.15) is 5.15 Å². The van der Waals surface area contributed by atoms with Crippen molar-refractivity contribution in [3.8, 4) is 0 Å². The number of carbonyl (C=O) groups excluding carboxylic acids is 1. The minimum absolute atomic E-state index is 0.0163. The molecule has 140 valence electrons. The van der Waals surface area contributed by atoms with E-state index in [9.17, 15) is 4.79 Å². The number of hydrogen-bond acceptors (Lipinski definition) is 6. The van der Waals surface area contributed by atoms with Crippen LogP contribution in [-0.2, 0) is 4.74 Å². The topological polar surface area (TPSA) is 57.7 Å². The lowest BCUT2D eigenvalue weighted by Crippen LogP contribution is -2.46. The molecule has 1 amide bonds. The van der Waals surface area contributed by atoms with E-state index in [0.717, 1.165) is 54.9 Å². The van der Waals surface area contributed by atoms with E-state index < -0.39 is 0 Å². The Balaban J connectivity index is 1.59.